The molecule has 0 saturated heterocycles. The summed E-state index contributed by atoms with van der Waals surface area (Å²) in [5.74, 6) is 8.79. The van der Waals surface area contributed by atoms with Crippen molar-refractivity contribution in [2.45, 2.75) is 37.1 Å². The molecule has 3 aromatic rings. The number of ether oxygens (including phenoxy) is 1. The summed E-state index contributed by atoms with van der Waals surface area (Å²) in [4.78, 5) is 4.40. The predicted molar refractivity (Wildman–Crippen MR) is 94.7 cm³/mol. The van der Waals surface area contributed by atoms with Gasteiger partial charge in [0.2, 0.25) is 11.0 Å². The molecular formula is C16H20N6O2S. The molecule has 2 N–H and O–H groups in total. The number of aryl methyl sites for hydroxylation is 1. The number of hydrogen-bond donors (Lipinski definition) is 1. The molecule has 0 bridgehead atoms. The van der Waals surface area contributed by atoms with E-state index in [1.165, 1.54) is 16.4 Å². The molecule has 0 fully saturated rings. The van der Waals surface area contributed by atoms with E-state index in [4.69, 9.17) is 15.1 Å². The van der Waals surface area contributed by atoms with Crippen molar-refractivity contribution in [3.05, 3.63) is 36.0 Å². The maximum atomic E-state index is 6.16. The van der Waals surface area contributed by atoms with Gasteiger partial charge in [0.1, 0.15) is 5.75 Å². The van der Waals surface area contributed by atoms with Gasteiger partial charge in [-0.15, -0.1) is 10.2 Å². The minimum absolute atomic E-state index is 0.0756. The van der Waals surface area contributed by atoms with Crippen LogP contribution in [-0.4, -0.2) is 32.1 Å². The minimum atomic E-state index is -0.0756. The van der Waals surface area contributed by atoms with Crippen molar-refractivity contribution in [3.8, 4) is 17.1 Å². The molecule has 0 radical (unpaired) electrons. The van der Waals surface area contributed by atoms with Crippen molar-refractivity contribution >= 4 is 11.8 Å². The summed E-state index contributed by atoms with van der Waals surface area (Å²) in [5, 5.41) is 12.8. The fourth-order valence-corrected chi connectivity index (χ4v) is 3.06. The fraction of sp³-hybridized carbons (Fsp3) is 0.375. The molecule has 0 aliphatic rings. The highest BCUT2D eigenvalue weighted by Gasteiger charge is 2.20. The number of nitrogens with zero attached hydrogens (tertiary/aromatic N) is 5. The van der Waals surface area contributed by atoms with E-state index in [2.05, 4.69) is 27.3 Å². The van der Waals surface area contributed by atoms with E-state index in [9.17, 15) is 0 Å². The highest BCUT2D eigenvalue weighted by atomic mass is 32.2. The number of benzene rings is 1. The van der Waals surface area contributed by atoms with Crippen LogP contribution in [-0.2, 0) is 6.42 Å². The summed E-state index contributed by atoms with van der Waals surface area (Å²) >= 11 is 1.42. The molecule has 132 valence electrons. The number of nitrogen functional groups attached to an aromatic ring is 1. The topological polar surface area (TPSA) is 105 Å². The largest absolute Gasteiger partial charge is 0.497 e. The predicted octanol–water partition coefficient (Wildman–Crippen LogP) is 2.86. The molecule has 1 unspecified atom stereocenters. The van der Waals surface area contributed by atoms with Gasteiger partial charge in [-0.25, -0.2) is 4.68 Å². The SMILES string of the molecule is CCCc1noc(C(C)Sc2nnc(-c3ccc(OC)cc3)n2N)n1. The average Bonchev–Trinajstić information content (AvgIpc) is 3.23. The summed E-state index contributed by atoms with van der Waals surface area (Å²) in [5.41, 5.74) is 0.860. The first kappa shape index (κ1) is 17.3. The van der Waals surface area contributed by atoms with Gasteiger partial charge in [-0.05, 0) is 37.6 Å². The molecule has 2 heterocycles. The standard InChI is InChI=1S/C16H20N6O2S/c1-4-5-13-18-15(24-21-13)10(2)25-16-20-19-14(22(16)17)11-6-8-12(23-3)9-7-11/h6-10H,4-5,17H2,1-3H3. The van der Waals surface area contributed by atoms with Crippen LogP contribution in [0.3, 0.4) is 0 Å². The van der Waals surface area contributed by atoms with Crippen LogP contribution in [0.2, 0.25) is 0 Å². The van der Waals surface area contributed by atoms with E-state index in [0.717, 1.165) is 30.0 Å². The van der Waals surface area contributed by atoms with Crippen LogP contribution >= 0.6 is 11.8 Å². The lowest BCUT2D eigenvalue weighted by molar-refractivity contribution is 0.374. The Morgan fingerprint density at radius 1 is 1.28 bits per heavy atom. The van der Waals surface area contributed by atoms with Crippen LogP contribution in [0, 0.1) is 0 Å². The van der Waals surface area contributed by atoms with Gasteiger partial charge in [-0.1, -0.05) is 23.8 Å². The van der Waals surface area contributed by atoms with Gasteiger partial charge in [-0.3, -0.25) is 0 Å². The zero-order valence-corrected chi connectivity index (χ0v) is 15.2. The van der Waals surface area contributed by atoms with Gasteiger partial charge in [0.05, 0.1) is 12.4 Å². The molecule has 25 heavy (non-hydrogen) atoms. The van der Waals surface area contributed by atoms with Crippen molar-refractivity contribution in [1.82, 2.24) is 25.0 Å². The zero-order valence-electron chi connectivity index (χ0n) is 14.3. The van der Waals surface area contributed by atoms with Gasteiger partial charge in [-0.2, -0.15) is 4.98 Å². The molecule has 2 aromatic heterocycles. The lowest BCUT2D eigenvalue weighted by Crippen LogP contribution is -2.12. The molecule has 8 nitrogen and oxygen atoms in total. The van der Waals surface area contributed by atoms with E-state index in [0.29, 0.717) is 16.9 Å². The van der Waals surface area contributed by atoms with Crippen molar-refractivity contribution in [3.63, 3.8) is 0 Å². The Bertz CT molecular complexity index is 830. The van der Waals surface area contributed by atoms with Crippen LogP contribution in [0.1, 0.15) is 37.2 Å². The zero-order chi connectivity index (χ0) is 17.8. The van der Waals surface area contributed by atoms with Gasteiger partial charge >= 0.3 is 0 Å². The highest BCUT2D eigenvalue weighted by molar-refractivity contribution is 7.99. The number of hydrogen-bond acceptors (Lipinski definition) is 8. The molecule has 0 amide bonds. The van der Waals surface area contributed by atoms with Crippen LogP contribution in [0.4, 0.5) is 0 Å². The van der Waals surface area contributed by atoms with Gasteiger partial charge in [0.15, 0.2) is 11.6 Å². The van der Waals surface area contributed by atoms with E-state index in [1.807, 2.05) is 31.2 Å². The quantitative estimate of drug-likeness (QED) is 0.506. The molecule has 0 spiro atoms. The Kier molecular flexibility index (Phi) is 5.22. The molecular weight excluding hydrogens is 340 g/mol. The Morgan fingerprint density at radius 3 is 2.72 bits per heavy atom. The van der Waals surface area contributed by atoms with Gasteiger partial charge in [0, 0.05) is 12.0 Å². The van der Waals surface area contributed by atoms with Gasteiger partial charge in [0.25, 0.3) is 0 Å². The molecule has 1 aromatic carbocycles. The monoisotopic (exact) mass is 360 g/mol. The Labute approximate surface area is 149 Å². The molecule has 0 aliphatic carbocycles. The van der Waals surface area contributed by atoms with Crippen molar-refractivity contribution < 1.29 is 9.26 Å². The molecule has 3 rings (SSSR count). The first-order valence-electron chi connectivity index (χ1n) is 7.96. The summed E-state index contributed by atoms with van der Waals surface area (Å²) in [7, 11) is 1.63. The Morgan fingerprint density at radius 2 is 2.04 bits per heavy atom. The minimum Gasteiger partial charge on any atom is -0.497 e. The summed E-state index contributed by atoms with van der Waals surface area (Å²) in [6.45, 7) is 4.04. The maximum Gasteiger partial charge on any atom is 0.239 e. The lowest BCUT2D eigenvalue weighted by atomic mass is 10.2. The number of methoxy groups -OCH3 is 1. The number of aromatic nitrogens is 5. The third-order valence-electron chi connectivity index (χ3n) is 3.60. The van der Waals surface area contributed by atoms with Crippen LogP contribution in [0.15, 0.2) is 33.9 Å². The fourth-order valence-electron chi connectivity index (χ4n) is 2.26. The molecule has 9 heteroatoms. The molecule has 0 aliphatic heterocycles. The van der Waals surface area contributed by atoms with E-state index >= 15 is 0 Å². The Hall–Kier alpha value is -2.55. The van der Waals surface area contributed by atoms with Crippen molar-refractivity contribution in [2.75, 3.05) is 13.0 Å². The van der Waals surface area contributed by atoms with Crippen molar-refractivity contribution in [1.29, 1.82) is 0 Å². The summed E-state index contributed by atoms with van der Waals surface area (Å²) < 4.78 is 11.9. The van der Waals surface area contributed by atoms with Gasteiger partial charge < -0.3 is 15.1 Å². The second-order valence-corrected chi connectivity index (χ2v) is 6.77. The van der Waals surface area contributed by atoms with E-state index in [1.54, 1.807) is 7.11 Å². The van der Waals surface area contributed by atoms with Crippen molar-refractivity contribution in [2.24, 2.45) is 0 Å². The Balaban J connectivity index is 1.75. The van der Waals surface area contributed by atoms with Crippen LogP contribution < -0.4 is 10.6 Å². The number of thioether (sulfide) groups is 1. The van der Waals surface area contributed by atoms with Crippen LogP contribution in [0.5, 0.6) is 5.75 Å². The maximum absolute atomic E-state index is 6.16. The smallest absolute Gasteiger partial charge is 0.239 e. The third kappa shape index (κ3) is 3.76. The van der Waals surface area contributed by atoms with E-state index in [-0.39, 0.29) is 5.25 Å². The van der Waals surface area contributed by atoms with E-state index < -0.39 is 0 Å². The average molecular weight is 360 g/mol. The lowest BCUT2D eigenvalue weighted by Gasteiger charge is -2.07. The number of rotatable bonds is 7. The highest BCUT2D eigenvalue weighted by Crippen LogP contribution is 2.33. The summed E-state index contributed by atoms with van der Waals surface area (Å²) in [6.07, 6.45) is 1.78. The number of nitrogens with two attached hydrogens (primary N) is 1. The second-order valence-electron chi connectivity index (χ2n) is 5.46. The molecule has 1 atom stereocenters. The normalized spacial score (nSPS) is 12.3. The second kappa shape index (κ2) is 7.56. The summed E-state index contributed by atoms with van der Waals surface area (Å²) in [6, 6.07) is 7.48. The molecule has 0 saturated carbocycles. The van der Waals surface area contributed by atoms with Crippen LogP contribution in [0.25, 0.3) is 11.4 Å². The third-order valence-corrected chi connectivity index (χ3v) is 4.64. The first-order valence-corrected chi connectivity index (χ1v) is 8.84. The first-order chi connectivity index (χ1) is 12.1.